The lowest BCUT2D eigenvalue weighted by Gasteiger charge is -2.12. The van der Waals surface area contributed by atoms with E-state index in [1.807, 2.05) is 29.5 Å². The van der Waals surface area contributed by atoms with Crippen LogP contribution >= 0.6 is 24.0 Å². The lowest BCUT2D eigenvalue weighted by Crippen LogP contribution is -2.37. The van der Waals surface area contributed by atoms with Crippen molar-refractivity contribution in [1.82, 2.24) is 30.0 Å². The first-order valence-electron chi connectivity index (χ1n) is 10.4. The van der Waals surface area contributed by atoms with Crippen molar-refractivity contribution in [1.29, 1.82) is 0 Å². The van der Waals surface area contributed by atoms with Gasteiger partial charge in [0.05, 0.1) is 12.0 Å². The van der Waals surface area contributed by atoms with Crippen LogP contribution in [-0.4, -0.2) is 38.9 Å². The fourth-order valence-electron chi connectivity index (χ4n) is 3.32. The van der Waals surface area contributed by atoms with Crippen molar-refractivity contribution < 1.29 is 0 Å². The molecule has 0 fully saturated rings. The lowest BCUT2D eigenvalue weighted by atomic mass is 10.1. The smallest absolute Gasteiger partial charge is 0.191 e. The maximum Gasteiger partial charge on any atom is 0.191 e. The highest BCUT2D eigenvalue weighted by molar-refractivity contribution is 14.0. The van der Waals surface area contributed by atoms with Crippen LogP contribution in [0.3, 0.4) is 0 Å². The summed E-state index contributed by atoms with van der Waals surface area (Å²) in [5.41, 5.74) is 4.80. The van der Waals surface area contributed by atoms with Crippen LogP contribution in [0, 0.1) is 0 Å². The first kappa shape index (κ1) is 23.5. The van der Waals surface area contributed by atoms with Crippen molar-refractivity contribution in [2.24, 2.45) is 4.99 Å². The molecule has 7 nitrogen and oxygen atoms in total. The van der Waals surface area contributed by atoms with E-state index < -0.39 is 0 Å². The molecule has 0 unspecified atom stereocenters. The molecule has 166 valence electrons. The van der Waals surface area contributed by atoms with Crippen LogP contribution in [0.2, 0.25) is 0 Å². The lowest BCUT2D eigenvalue weighted by molar-refractivity contribution is 0.787. The number of imidazole rings is 1. The van der Waals surface area contributed by atoms with Crippen molar-refractivity contribution >= 4 is 29.9 Å². The van der Waals surface area contributed by atoms with Crippen molar-refractivity contribution in [2.75, 3.05) is 13.6 Å². The Morgan fingerprint density at radius 3 is 2.31 bits per heavy atom. The zero-order valence-electron chi connectivity index (χ0n) is 18.1. The third-order valence-corrected chi connectivity index (χ3v) is 5.04. The average molecular weight is 541 g/mol. The number of nitrogens with zero attached hydrogens (tertiary/aromatic N) is 5. The van der Waals surface area contributed by atoms with Crippen LogP contribution in [0.5, 0.6) is 0 Å². The largest absolute Gasteiger partial charge is 0.356 e. The standard InChI is InChI=1S/C24H27N7.HI/c1-25-24(27-13-11-20-7-9-23(10-8-20)31-15-2-12-29-31)28-17-21-3-5-22(6-4-21)18-30-16-14-26-19-30;/h2-10,12,14-16,19H,11,13,17-18H2,1H3,(H2,25,27,28);1H. The van der Waals surface area contributed by atoms with Gasteiger partial charge in [0, 0.05) is 51.5 Å². The number of rotatable bonds is 8. The van der Waals surface area contributed by atoms with E-state index in [0.29, 0.717) is 0 Å². The summed E-state index contributed by atoms with van der Waals surface area (Å²) >= 11 is 0. The van der Waals surface area contributed by atoms with Gasteiger partial charge in [0.25, 0.3) is 0 Å². The predicted octanol–water partition coefficient (Wildman–Crippen LogP) is 3.64. The van der Waals surface area contributed by atoms with Gasteiger partial charge in [-0.05, 0) is 41.3 Å². The van der Waals surface area contributed by atoms with Crippen LogP contribution in [0.4, 0.5) is 0 Å². The van der Waals surface area contributed by atoms with Crippen molar-refractivity contribution in [2.45, 2.75) is 19.5 Å². The zero-order chi connectivity index (χ0) is 21.3. The number of aromatic nitrogens is 4. The van der Waals surface area contributed by atoms with Crippen LogP contribution in [-0.2, 0) is 19.5 Å². The average Bonchev–Trinajstić information content (AvgIpc) is 3.52. The topological polar surface area (TPSA) is 72.1 Å². The third-order valence-electron chi connectivity index (χ3n) is 5.04. The van der Waals surface area contributed by atoms with Gasteiger partial charge in [-0.1, -0.05) is 36.4 Å². The molecule has 0 aliphatic heterocycles. The molecule has 2 heterocycles. The van der Waals surface area contributed by atoms with Crippen LogP contribution in [0.1, 0.15) is 16.7 Å². The summed E-state index contributed by atoms with van der Waals surface area (Å²) in [7, 11) is 1.79. The minimum Gasteiger partial charge on any atom is -0.356 e. The fourth-order valence-corrected chi connectivity index (χ4v) is 3.32. The van der Waals surface area contributed by atoms with E-state index in [1.54, 1.807) is 19.4 Å². The molecule has 0 saturated heterocycles. The molecule has 0 bridgehead atoms. The molecule has 0 radical (unpaired) electrons. The summed E-state index contributed by atoms with van der Waals surface area (Å²) in [6.45, 7) is 2.37. The van der Waals surface area contributed by atoms with Crippen LogP contribution < -0.4 is 10.6 Å². The maximum atomic E-state index is 4.32. The van der Waals surface area contributed by atoms with Crippen LogP contribution in [0.15, 0.2) is 90.7 Å². The molecule has 0 aliphatic rings. The van der Waals surface area contributed by atoms with E-state index in [4.69, 9.17) is 0 Å². The van der Waals surface area contributed by atoms with Gasteiger partial charge in [0.15, 0.2) is 5.96 Å². The maximum absolute atomic E-state index is 4.32. The molecule has 0 atom stereocenters. The molecule has 0 saturated carbocycles. The molecule has 0 amide bonds. The Morgan fingerprint density at radius 2 is 1.66 bits per heavy atom. The van der Waals surface area contributed by atoms with Gasteiger partial charge in [0.2, 0.25) is 0 Å². The first-order chi connectivity index (χ1) is 15.3. The Kier molecular flexibility index (Phi) is 8.85. The van der Waals surface area contributed by atoms with E-state index in [1.165, 1.54) is 16.7 Å². The summed E-state index contributed by atoms with van der Waals surface area (Å²) in [6.07, 6.45) is 10.2. The number of hydrogen-bond acceptors (Lipinski definition) is 3. The van der Waals surface area contributed by atoms with E-state index >= 15 is 0 Å². The van der Waals surface area contributed by atoms with E-state index in [9.17, 15) is 0 Å². The Labute approximate surface area is 205 Å². The van der Waals surface area contributed by atoms with Gasteiger partial charge in [-0.15, -0.1) is 24.0 Å². The second-order valence-corrected chi connectivity index (χ2v) is 7.27. The molecule has 0 aliphatic carbocycles. The van der Waals surface area contributed by atoms with Gasteiger partial charge in [-0.3, -0.25) is 4.99 Å². The summed E-state index contributed by atoms with van der Waals surface area (Å²) in [5, 5.41) is 11.0. The summed E-state index contributed by atoms with van der Waals surface area (Å²) in [4.78, 5) is 8.40. The normalized spacial score (nSPS) is 11.1. The SMILES string of the molecule is CN=C(NCCc1ccc(-n2cccn2)cc1)NCc1ccc(Cn2ccnc2)cc1.I. The number of hydrogen-bond donors (Lipinski definition) is 2. The Bertz CT molecular complexity index is 1070. The molecular weight excluding hydrogens is 513 g/mol. The second-order valence-electron chi connectivity index (χ2n) is 7.27. The minimum absolute atomic E-state index is 0. The third kappa shape index (κ3) is 6.68. The van der Waals surface area contributed by atoms with Gasteiger partial charge in [-0.25, -0.2) is 9.67 Å². The first-order valence-corrected chi connectivity index (χ1v) is 10.4. The number of nitrogens with one attached hydrogen (secondary N) is 2. The van der Waals surface area contributed by atoms with Crippen molar-refractivity contribution in [3.8, 4) is 5.69 Å². The molecule has 2 aromatic carbocycles. The zero-order valence-corrected chi connectivity index (χ0v) is 20.4. The van der Waals surface area contributed by atoms with Gasteiger partial charge in [0.1, 0.15) is 0 Å². The fraction of sp³-hybridized carbons (Fsp3) is 0.208. The minimum atomic E-state index is 0. The van der Waals surface area contributed by atoms with E-state index in [2.05, 4.69) is 78.8 Å². The molecule has 2 N–H and O–H groups in total. The molecule has 4 rings (SSSR count). The molecular formula is C24H28IN7. The van der Waals surface area contributed by atoms with Crippen molar-refractivity contribution in [3.05, 3.63) is 102 Å². The molecule has 0 spiro atoms. The highest BCUT2D eigenvalue weighted by Gasteiger charge is 2.01. The molecule has 4 aromatic rings. The Morgan fingerprint density at radius 1 is 0.906 bits per heavy atom. The number of aliphatic imine (C=N–C) groups is 1. The van der Waals surface area contributed by atoms with Gasteiger partial charge < -0.3 is 15.2 Å². The molecule has 8 heteroatoms. The van der Waals surface area contributed by atoms with E-state index in [-0.39, 0.29) is 24.0 Å². The second kappa shape index (κ2) is 12.0. The summed E-state index contributed by atoms with van der Waals surface area (Å²) < 4.78 is 3.92. The highest BCUT2D eigenvalue weighted by atomic mass is 127. The highest BCUT2D eigenvalue weighted by Crippen LogP contribution is 2.09. The van der Waals surface area contributed by atoms with Gasteiger partial charge in [-0.2, -0.15) is 5.10 Å². The van der Waals surface area contributed by atoms with E-state index in [0.717, 1.165) is 37.7 Å². The van der Waals surface area contributed by atoms with Crippen molar-refractivity contribution in [3.63, 3.8) is 0 Å². The Hall–Kier alpha value is -3.14. The molecule has 2 aromatic heterocycles. The number of guanidine groups is 1. The van der Waals surface area contributed by atoms with Gasteiger partial charge >= 0.3 is 0 Å². The quantitative estimate of drug-likeness (QED) is 0.203. The van der Waals surface area contributed by atoms with Crippen LogP contribution in [0.25, 0.3) is 5.69 Å². The number of benzene rings is 2. The Balaban J connectivity index is 0.00000289. The molecule has 32 heavy (non-hydrogen) atoms. The monoisotopic (exact) mass is 541 g/mol. The summed E-state index contributed by atoms with van der Waals surface area (Å²) in [6, 6.07) is 19.0. The number of halogens is 1. The summed E-state index contributed by atoms with van der Waals surface area (Å²) in [5.74, 6) is 0.802. The predicted molar refractivity (Wildman–Crippen MR) is 139 cm³/mol.